The largest absolute Gasteiger partial charge is 0.317 e. The molecule has 2 aromatic rings. The van der Waals surface area contributed by atoms with Gasteiger partial charge in [0.1, 0.15) is 5.54 Å². The molecule has 0 heterocycles. The molecule has 0 amide bonds. The van der Waals surface area contributed by atoms with Gasteiger partial charge in [0.2, 0.25) is 0 Å². The molecule has 1 unspecified atom stereocenters. The van der Waals surface area contributed by atoms with E-state index in [4.69, 9.17) is 5.73 Å². The lowest BCUT2D eigenvalue weighted by atomic mass is 9.88. The Balaban J connectivity index is 2.76. The average molecular weight is 235 g/mol. The first-order valence-corrected chi connectivity index (χ1v) is 5.50. The molecule has 0 saturated carbocycles. The van der Waals surface area contributed by atoms with Crippen molar-refractivity contribution < 1.29 is 8.78 Å². The number of nitrogens with two attached hydrogens (primary N) is 1. The highest BCUT2D eigenvalue weighted by molar-refractivity contribution is 5.89. The predicted octanol–water partition coefficient (Wildman–Crippen LogP) is 3.59. The maximum atomic E-state index is 13.0. The van der Waals surface area contributed by atoms with Crippen LogP contribution in [0, 0.1) is 6.92 Å². The van der Waals surface area contributed by atoms with Crippen molar-refractivity contribution in [2.75, 3.05) is 0 Å². The van der Waals surface area contributed by atoms with Gasteiger partial charge in [0.25, 0.3) is 6.43 Å². The quantitative estimate of drug-likeness (QED) is 0.845. The summed E-state index contributed by atoms with van der Waals surface area (Å²) >= 11 is 0. The zero-order chi connectivity index (χ0) is 12.6. The van der Waals surface area contributed by atoms with Gasteiger partial charge in [-0.1, -0.05) is 36.4 Å². The van der Waals surface area contributed by atoms with Crippen LogP contribution in [0.1, 0.15) is 18.1 Å². The van der Waals surface area contributed by atoms with Gasteiger partial charge in [0.15, 0.2) is 0 Å². The topological polar surface area (TPSA) is 26.0 Å². The molecule has 1 atom stereocenters. The molecule has 0 spiro atoms. The van der Waals surface area contributed by atoms with Gasteiger partial charge >= 0.3 is 0 Å². The van der Waals surface area contributed by atoms with Crippen LogP contribution in [-0.4, -0.2) is 6.43 Å². The van der Waals surface area contributed by atoms with Gasteiger partial charge in [-0.25, -0.2) is 8.78 Å². The van der Waals surface area contributed by atoms with E-state index in [-0.39, 0.29) is 0 Å². The zero-order valence-electron chi connectivity index (χ0n) is 9.87. The molecule has 0 aliphatic carbocycles. The molecule has 0 aliphatic heterocycles. The molecule has 0 fully saturated rings. The molecule has 0 radical (unpaired) electrons. The van der Waals surface area contributed by atoms with E-state index >= 15 is 0 Å². The minimum Gasteiger partial charge on any atom is -0.317 e. The van der Waals surface area contributed by atoms with Gasteiger partial charge < -0.3 is 5.73 Å². The molecule has 2 aromatic carbocycles. The number of hydrogen-bond donors (Lipinski definition) is 1. The first-order valence-electron chi connectivity index (χ1n) is 5.50. The molecule has 0 bridgehead atoms. The van der Waals surface area contributed by atoms with Gasteiger partial charge in [-0.15, -0.1) is 0 Å². The van der Waals surface area contributed by atoms with Crippen molar-refractivity contribution >= 4 is 10.8 Å². The van der Waals surface area contributed by atoms with E-state index in [0.29, 0.717) is 5.56 Å². The third-order valence-electron chi connectivity index (χ3n) is 3.18. The second-order valence-electron chi connectivity index (χ2n) is 4.56. The Morgan fingerprint density at radius 2 is 1.65 bits per heavy atom. The number of fused-ring (bicyclic) bond motifs is 1. The lowest BCUT2D eigenvalue weighted by Gasteiger charge is -2.26. The molecule has 0 aromatic heterocycles. The summed E-state index contributed by atoms with van der Waals surface area (Å²) in [4.78, 5) is 0. The van der Waals surface area contributed by atoms with Crippen molar-refractivity contribution in [1.82, 2.24) is 0 Å². The number of halogens is 2. The minimum absolute atomic E-state index is 0.494. The maximum absolute atomic E-state index is 13.0. The Bertz CT molecular complexity index is 547. The van der Waals surface area contributed by atoms with Crippen molar-refractivity contribution in [3.05, 3.63) is 47.5 Å². The first kappa shape index (κ1) is 12.0. The van der Waals surface area contributed by atoms with Gasteiger partial charge in [0.05, 0.1) is 0 Å². The van der Waals surface area contributed by atoms with Crippen LogP contribution in [0.15, 0.2) is 36.4 Å². The van der Waals surface area contributed by atoms with E-state index in [1.165, 1.54) is 6.92 Å². The molecular weight excluding hydrogens is 220 g/mol. The fourth-order valence-electron chi connectivity index (χ4n) is 2.04. The summed E-state index contributed by atoms with van der Waals surface area (Å²) < 4.78 is 26.0. The van der Waals surface area contributed by atoms with E-state index in [2.05, 4.69) is 0 Å². The second kappa shape index (κ2) is 4.08. The SMILES string of the molecule is Cc1ccc(C(C)(N)C(F)F)c2ccccc12. The van der Waals surface area contributed by atoms with E-state index in [1.807, 2.05) is 37.3 Å². The predicted molar refractivity (Wildman–Crippen MR) is 66.2 cm³/mol. The Kier molecular flexibility index (Phi) is 2.87. The number of benzene rings is 2. The number of alkyl halides is 2. The fraction of sp³-hybridized carbons (Fsp3) is 0.286. The highest BCUT2D eigenvalue weighted by Crippen LogP contribution is 2.32. The van der Waals surface area contributed by atoms with Gasteiger partial charge in [0, 0.05) is 0 Å². The van der Waals surface area contributed by atoms with E-state index in [9.17, 15) is 8.78 Å². The summed E-state index contributed by atoms with van der Waals surface area (Å²) in [5.41, 5.74) is 5.69. The number of hydrogen-bond acceptors (Lipinski definition) is 1. The highest BCUT2D eigenvalue weighted by atomic mass is 19.3. The summed E-state index contributed by atoms with van der Waals surface area (Å²) in [7, 11) is 0. The van der Waals surface area contributed by atoms with Crippen LogP contribution >= 0.6 is 0 Å². The van der Waals surface area contributed by atoms with Crippen molar-refractivity contribution in [2.24, 2.45) is 5.73 Å². The summed E-state index contributed by atoms with van der Waals surface area (Å²) in [6.07, 6.45) is -2.59. The lowest BCUT2D eigenvalue weighted by Crippen LogP contribution is -2.40. The monoisotopic (exact) mass is 235 g/mol. The third-order valence-corrected chi connectivity index (χ3v) is 3.18. The third kappa shape index (κ3) is 1.91. The average Bonchev–Trinajstić information content (AvgIpc) is 2.29. The van der Waals surface area contributed by atoms with Gasteiger partial charge in [-0.2, -0.15) is 0 Å². The minimum atomic E-state index is -2.59. The molecule has 0 saturated heterocycles. The van der Waals surface area contributed by atoms with Crippen LogP contribution in [0.3, 0.4) is 0 Å². The van der Waals surface area contributed by atoms with Crippen LogP contribution < -0.4 is 5.73 Å². The molecule has 2 N–H and O–H groups in total. The van der Waals surface area contributed by atoms with Gasteiger partial charge in [-0.05, 0) is 35.7 Å². The molecular formula is C14H15F2N. The van der Waals surface area contributed by atoms with Gasteiger partial charge in [-0.3, -0.25) is 0 Å². The second-order valence-corrected chi connectivity index (χ2v) is 4.56. The number of aryl methyl sites for hydroxylation is 1. The first-order chi connectivity index (χ1) is 7.94. The van der Waals surface area contributed by atoms with Crippen LogP contribution in [0.25, 0.3) is 10.8 Å². The molecule has 3 heteroatoms. The van der Waals surface area contributed by atoms with Crippen LogP contribution in [0.5, 0.6) is 0 Å². The Morgan fingerprint density at radius 1 is 1.06 bits per heavy atom. The molecule has 90 valence electrons. The van der Waals surface area contributed by atoms with Crippen LogP contribution in [0.2, 0.25) is 0 Å². The molecule has 17 heavy (non-hydrogen) atoms. The molecule has 1 nitrogen and oxygen atoms in total. The fourth-order valence-corrected chi connectivity index (χ4v) is 2.04. The zero-order valence-corrected chi connectivity index (χ0v) is 9.87. The Morgan fingerprint density at radius 3 is 2.24 bits per heavy atom. The summed E-state index contributed by atoms with van der Waals surface area (Å²) in [5.74, 6) is 0. The molecule has 2 rings (SSSR count). The normalized spacial score (nSPS) is 15.2. The van der Waals surface area contributed by atoms with E-state index in [1.54, 1.807) is 6.07 Å². The Hall–Kier alpha value is -1.48. The lowest BCUT2D eigenvalue weighted by molar-refractivity contribution is 0.0633. The van der Waals surface area contributed by atoms with E-state index < -0.39 is 12.0 Å². The summed E-state index contributed by atoms with van der Waals surface area (Å²) in [6.45, 7) is 3.33. The van der Waals surface area contributed by atoms with Crippen molar-refractivity contribution in [2.45, 2.75) is 25.8 Å². The van der Waals surface area contributed by atoms with Crippen molar-refractivity contribution in [3.63, 3.8) is 0 Å². The smallest absolute Gasteiger partial charge is 0.260 e. The Labute approximate surface area is 99.2 Å². The molecule has 0 aliphatic rings. The van der Waals surface area contributed by atoms with E-state index in [0.717, 1.165) is 16.3 Å². The summed E-state index contributed by atoms with van der Waals surface area (Å²) in [6, 6.07) is 11.0. The standard InChI is InChI=1S/C14H15F2N/c1-9-7-8-12(14(2,17)13(15)16)11-6-4-3-5-10(9)11/h3-8,13H,17H2,1-2H3. The van der Waals surface area contributed by atoms with Crippen LogP contribution in [0.4, 0.5) is 8.78 Å². The van der Waals surface area contributed by atoms with Crippen molar-refractivity contribution in [1.29, 1.82) is 0 Å². The maximum Gasteiger partial charge on any atom is 0.260 e. The number of rotatable bonds is 2. The van der Waals surface area contributed by atoms with Crippen molar-refractivity contribution in [3.8, 4) is 0 Å². The summed E-state index contributed by atoms with van der Waals surface area (Å²) in [5, 5.41) is 1.78. The highest BCUT2D eigenvalue weighted by Gasteiger charge is 2.33. The van der Waals surface area contributed by atoms with Crippen LogP contribution in [-0.2, 0) is 5.54 Å².